The van der Waals surface area contributed by atoms with Gasteiger partial charge in [0.25, 0.3) is 0 Å². The van der Waals surface area contributed by atoms with E-state index in [2.05, 4.69) is 26.1 Å². The van der Waals surface area contributed by atoms with Gasteiger partial charge in [0.05, 0.1) is 37.9 Å². The van der Waals surface area contributed by atoms with Crippen LogP contribution in [0.25, 0.3) is 11.0 Å². The Bertz CT molecular complexity index is 1240. The number of carbonyl (C=O) groups excluding carboxylic acids is 1. The fourth-order valence-electron chi connectivity index (χ4n) is 5.54. The highest BCUT2D eigenvalue weighted by Gasteiger charge is 2.73. The Kier molecular flexibility index (Phi) is 4.61. The Morgan fingerprint density at radius 3 is 2.13 bits per heavy atom. The monoisotopic (exact) mass is 473 g/mol. The summed E-state index contributed by atoms with van der Waals surface area (Å²) in [7, 11) is 0. The average molecular weight is 475 g/mol. The molecule has 5 rings (SSSR count). The molecule has 1 fully saturated rings. The lowest BCUT2D eigenvalue weighted by Crippen LogP contribution is -2.51. The van der Waals surface area contributed by atoms with Crippen molar-refractivity contribution >= 4 is 51.7 Å². The Labute approximate surface area is 196 Å². The number of fused-ring (bicyclic) bond motifs is 6. The van der Waals surface area contributed by atoms with Crippen molar-refractivity contribution in [2.45, 2.75) is 51.0 Å². The predicted molar refractivity (Wildman–Crippen MR) is 125 cm³/mol. The van der Waals surface area contributed by atoms with Gasteiger partial charge in [-0.1, -0.05) is 67.7 Å². The van der Waals surface area contributed by atoms with E-state index in [1.165, 1.54) is 0 Å². The van der Waals surface area contributed by atoms with E-state index in [9.17, 15) is 4.79 Å². The molecule has 4 nitrogen and oxygen atoms in total. The van der Waals surface area contributed by atoms with Gasteiger partial charge in [0.2, 0.25) is 5.91 Å². The first-order valence-corrected chi connectivity index (χ1v) is 11.4. The number of aromatic nitrogens is 2. The molecule has 0 aliphatic heterocycles. The molecule has 7 heteroatoms. The van der Waals surface area contributed by atoms with Crippen LogP contribution in [0.5, 0.6) is 0 Å². The first kappa shape index (κ1) is 21.0. The molecule has 160 valence electrons. The van der Waals surface area contributed by atoms with E-state index in [1.807, 2.05) is 24.3 Å². The smallest absolute Gasteiger partial charge is 0.233 e. The molecule has 1 saturated carbocycles. The molecule has 1 amide bonds. The van der Waals surface area contributed by atoms with Crippen molar-refractivity contribution in [2.75, 3.05) is 0 Å². The van der Waals surface area contributed by atoms with Crippen molar-refractivity contribution in [1.82, 2.24) is 15.3 Å². The standard InChI is InChI=1S/C24H22Cl3N3O/c1-22(2)23(3)8-9-24(22,21(31)28-12-13-4-6-14(25)7-5-13)20-19(23)29-17-10-15(26)16(27)11-18(17)30-20/h4-7,10-11H,8-9,12H2,1-3H3,(H,28,31). The second-order valence-corrected chi connectivity index (χ2v) is 10.6. The molecule has 2 bridgehead atoms. The van der Waals surface area contributed by atoms with Crippen LogP contribution >= 0.6 is 34.8 Å². The molecule has 0 radical (unpaired) electrons. The third kappa shape index (κ3) is 2.71. The summed E-state index contributed by atoms with van der Waals surface area (Å²) in [6.07, 6.45) is 1.61. The summed E-state index contributed by atoms with van der Waals surface area (Å²) in [5.41, 5.74) is 2.67. The van der Waals surface area contributed by atoms with Crippen LogP contribution in [0.2, 0.25) is 15.1 Å². The van der Waals surface area contributed by atoms with E-state index in [0.717, 1.165) is 29.8 Å². The van der Waals surface area contributed by atoms with Gasteiger partial charge in [-0.25, -0.2) is 9.97 Å². The Morgan fingerprint density at radius 2 is 1.52 bits per heavy atom. The molecular formula is C24H22Cl3N3O. The Morgan fingerprint density at radius 1 is 0.935 bits per heavy atom. The van der Waals surface area contributed by atoms with Crippen LogP contribution in [0, 0.1) is 5.41 Å². The molecule has 3 aromatic rings. The molecule has 1 aromatic heterocycles. The molecule has 2 aromatic carbocycles. The molecule has 2 unspecified atom stereocenters. The third-order valence-electron chi connectivity index (χ3n) is 7.83. The van der Waals surface area contributed by atoms with Gasteiger partial charge in [-0.05, 0) is 48.1 Å². The highest BCUT2D eigenvalue weighted by Crippen LogP contribution is 2.70. The molecule has 1 heterocycles. The van der Waals surface area contributed by atoms with Crippen molar-refractivity contribution in [3.8, 4) is 0 Å². The zero-order valence-corrected chi connectivity index (χ0v) is 19.8. The van der Waals surface area contributed by atoms with Crippen LogP contribution < -0.4 is 5.32 Å². The van der Waals surface area contributed by atoms with Crippen molar-refractivity contribution in [1.29, 1.82) is 0 Å². The van der Waals surface area contributed by atoms with Crippen LogP contribution in [0.1, 0.15) is 50.6 Å². The zero-order chi connectivity index (χ0) is 22.2. The van der Waals surface area contributed by atoms with Gasteiger partial charge in [-0.3, -0.25) is 4.79 Å². The molecular weight excluding hydrogens is 453 g/mol. The van der Waals surface area contributed by atoms with Gasteiger partial charge in [0, 0.05) is 17.0 Å². The number of rotatable bonds is 3. The van der Waals surface area contributed by atoms with E-state index < -0.39 is 5.41 Å². The summed E-state index contributed by atoms with van der Waals surface area (Å²) < 4.78 is 0. The normalized spacial score (nSPS) is 25.6. The Balaban J connectivity index is 1.61. The number of nitrogens with zero attached hydrogens (tertiary/aromatic N) is 2. The van der Waals surface area contributed by atoms with Crippen molar-refractivity contribution in [3.63, 3.8) is 0 Å². The van der Waals surface area contributed by atoms with Gasteiger partial charge >= 0.3 is 0 Å². The summed E-state index contributed by atoms with van der Waals surface area (Å²) in [6, 6.07) is 11.0. The van der Waals surface area contributed by atoms with E-state index in [-0.39, 0.29) is 16.7 Å². The van der Waals surface area contributed by atoms with Gasteiger partial charge in [0.15, 0.2) is 0 Å². The van der Waals surface area contributed by atoms with Gasteiger partial charge in [-0.2, -0.15) is 0 Å². The maximum atomic E-state index is 13.8. The van der Waals surface area contributed by atoms with E-state index in [1.54, 1.807) is 12.1 Å². The minimum absolute atomic E-state index is 0.0105. The molecule has 2 aliphatic carbocycles. The SMILES string of the molecule is CC12CCC(C(=O)NCc3ccc(Cl)cc3)(c3nc4cc(Cl)c(Cl)cc4nc31)C2(C)C. The largest absolute Gasteiger partial charge is 0.351 e. The predicted octanol–water partition coefficient (Wildman–Crippen LogP) is 6.24. The summed E-state index contributed by atoms with van der Waals surface area (Å²) in [5.74, 6) is -0.0105. The number of carbonyl (C=O) groups is 1. The minimum Gasteiger partial charge on any atom is -0.351 e. The fourth-order valence-corrected chi connectivity index (χ4v) is 5.98. The second-order valence-electron chi connectivity index (χ2n) is 9.35. The van der Waals surface area contributed by atoms with Crippen molar-refractivity contribution in [3.05, 3.63) is 68.4 Å². The Hall–Kier alpha value is -1.88. The summed E-state index contributed by atoms with van der Waals surface area (Å²) in [6.45, 7) is 6.96. The van der Waals surface area contributed by atoms with Crippen molar-refractivity contribution < 1.29 is 4.79 Å². The molecule has 1 N–H and O–H groups in total. The molecule has 0 spiro atoms. The van der Waals surface area contributed by atoms with Gasteiger partial charge < -0.3 is 5.32 Å². The number of hydrogen-bond donors (Lipinski definition) is 1. The number of hydrogen-bond acceptors (Lipinski definition) is 3. The number of nitrogens with one attached hydrogen (secondary N) is 1. The van der Waals surface area contributed by atoms with Crippen LogP contribution in [-0.4, -0.2) is 15.9 Å². The zero-order valence-electron chi connectivity index (χ0n) is 17.5. The lowest BCUT2D eigenvalue weighted by molar-refractivity contribution is -0.130. The number of benzene rings is 2. The lowest BCUT2D eigenvalue weighted by atomic mass is 9.63. The summed E-state index contributed by atoms with van der Waals surface area (Å²) >= 11 is 18.4. The summed E-state index contributed by atoms with van der Waals surface area (Å²) in [5, 5.41) is 4.72. The summed E-state index contributed by atoms with van der Waals surface area (Å²) in [4.78, 5) is 23.7. The third-order valence-corrected chi connectivity index (χ3v) is 8.81. The highest BCUT2D eigenvalue weighted by atomic mass is 35.5. The van der Waals surface area contributed by atoms with Crippen LogP contribution in [0.15, 0.2) is 36.4 Å². The van der Waals surface area contributed by atoms with E-state index >= 15 is 0 Å². The first-order valence-electron chi connectivity index (χ1n) is 10.3. The number of halogens is 3. The topological polar surface area (TPSA) is 54.9 Å². The quantitative estimate of drug-likeness (QED) is 0.489. The fraction of sp³-hybridized carbons (Fsp3) is 0.375. The molecule has 2 aliphatic rings. The minimum atomic E-state index is -0.753. The lowest BCUT2D eigenvalue weighted by Gasteiger charge is -2.39. The van der Waals surface area contributed by atoms with Crippen molar-refractivity contribution in [2.24, 2.45) is 5.41 Å². The van der Waals surface area contributed by atoms with Gasteiger partial charge in [-0.15, -0.1) is 0 Å². The van der Waals surface area contributed by atoms with Crippen LogP contribution in [-0.2, 0) is 22.2 Å². The maximum absolute atomic E-state index is 13.8. The average Bonchev–Trinajstić information content (AvgIpc) is 3.02. The molecule has 2 atom stereocenters. The second kappa shape index (κ2) is 6.81. The van der Waals surface area contributed by atoms with Crippen LogP contribution in [0.3, 0.4) is 0 Å². The maximum Gasteiger partial charge on any atom is 0.233 e. The highest BCUT2D eigenvalue weighted by molar-refractivity contribution is 6.42. The van der Waals surface area contributed by atoms with Gasteiger partial charge in [0.1, 0.15) is 0 Å². The van der Waals surface area contributed by atoms with E-state index in [0.29, 0.717) is 32.6 Å². The van der Waals surface area contributed by atoms with E-state index in [4.69, 9.17) is 44.8 Å². The first-order chi connectivity index (χ1) is 14.6. The van der Waals surface area contributed by atoms with Crippen LogP contribution in [0.4, 0.5) is 0 Å². The molecule has 0 saturated heterocycles. The number of amides is 1. The molecule has 31 heavy (non-hydrogen) atoms.